The molecule has 4 aromatic carbocycles. The first-order chi connectivity index (χ1) is 16.1. The van der Waals surface area contributed by atoms with Crippen molar-refractivity contribution in [1.29, 1.82) is 0 Å². The molecule has 0 atom stereocenters. The Morgan fingerprint density at radius 1 is 0.471 bits per heavy atom. The fraction of sp³-hybridized carbons (Fsp3) is 0.200. The molecule has 0 spiro atoms. The van der Waals surface area contributed by atoms with E-state index in [-0.39, 0.29) is 0 Å². The molecular formula is C30H30S2Si2. The van der Waals surface area contributed by atoms with E-state index >= 15 is 0 Å². The maximum atomic E-state index is 2.46. The largest absolute Gasteiger partial charge is 0.135 e. The molecule has 2 aromatic heterocycles. The Bertz CT molecular complexity index is 1590. The second kappa shape index (κ2) is 7.63. The van der Waals surface area contributed by atoms with Crippen LogP contribution in [-0.2, 0) is 0 Å². The number of fused-ring (bicyclic) bond motifs is 6. The lowest BCUT2D eigenvalue weighted by Gasteiger charge is -2.18. The van der Waals surface area contributed by atoms with Crippen LogP contribution in [0.15, 0.2) is 72.8 Å². The third-order valence-corrected chi connectivity index (χ3v) is 13.4. The van der Waals surface area contributed by atoms with Crippen LogP contribution in [0, 0.1) is 0 Å². The Labute approximate surface area is 211 Å². The Hall–Kier alpha value is -2.25. The Morgan fingerprint density at radius 3 is 1.24 bits per heavy atom. The molecule has 0 fully saturated rings. The minimum absolute atomic E-state index is 1.38. The average Bonchev–Trinajstić information content (AvgIpc) is 3.35. The van der Waals surface area contributed by atoms with E-state index in [4.69, 9.17) is 0 Å². The molecule has 0 saturated carbocycles. The summed E-state index contributed by atoms with van der Waals surface area (Å²) >= 11 is 3.94. The number of hydrogen-bond acceptors (Lipinski definition) is 2. The molecule has 0 radical (unpaired) electrons. The maximum Gasteiger partial charge on any atom is 0.0784 e. The van der Waals surface area contributed by atoms with Gasteiger partial charge in [0.2, 0.25) is 0 Å². The van der Waals surface area contributed by atoms with E-state index < -0.39 is 16.1 Å². The highest BCUT2D eigenvalue weighted by molar-refractivity contribution is 7.28. The maximum absolute atomic E-state index is 2.46. The van der Waals surface area contributed by atoms with Crippen molar-refractivity contribution >= 4 is 89.5 Å². The standard InChI is InChI=1S/C30H30S2Si2/c1-33(2,3)25-17-9-15-23-27(25)21-13-7-11-19(29(21)31-23)20-12-8-14-22-28-24(32-30(20)22)16-10-18-26(28)34(4,5)6/h7-18H,1-6H3. The number of thiophene rings is 2. The van der Waals surface area contributed by atoms with Crippen LogP contribution in [0.4, 0.5) is 0 Å². The molecule has 0 aliphatic carbocycles. The van der Waals surface area contributed by atoms with Gasteiger partial charge in [-0.1, -0.05) is 110 Å². The van der Waals surface area contributed by atoms with E-state index in [1.165, 1.54) is 51.5 Å². The average molecular weight is 511 g/mol. The topological polar surface area (TPSA) is 0 Å². The lowest BCUT2D eigenvalue weighted by molar-refractivity contribution is 1.74. The van der Waals surface area contributed by atoms with Gasteiger partial charge >= 0.3 is 0 Å². The minimum Gasteiger partial charge on any atom is -0.135 e. The molecule has 2 heterocycles. The molecule has 34 heavy (non-hydrogen) atoms. The number of rotatable bonds is 3. The lowest BCUT2D eigenvalue weighted by Crippen LogP contribution is -2.37. The van der Waals surface area contributed by atoms with E-state index in [1.54, 1.807) is 10.4 Å². The molecule has 170 valence electrons. The molecule has 0 saturated heterocycles. The van der Waals surface area contributed by atoms with Crippen molar-refractivity contribution in [3.05, 3.63) is 72.8 Å². The fourth-order valence-electron chi connectivity index (χ4n) is 5.37. The summed E-state index contributed by atoms with van der Waals surface area (Å²) in [6, 6.07) is 27.8. The van der Waals surface area contributed by atoms with Crippen LogP contribution in [-0.4, -0.2) is 16.1 Å². The van der Waals surface area contributed by atoms with Crippen LogP contribution in [0.2, 0.25) is 39.3 Å². The van der Waals surface area contributed by atoms with Gasteiger partial charge in [0, 0.05) is 40.7 Å². The van der Waals surface area contributed by atoms with E-state index in [0.717, 1.165) is 0 Å². The molecule has 0 aliphatic rings. The molecule has 0 unspecified atom stereocenters. The van der Waals surface area contributed by atoms with Crippen molar-refractivity contribution in [2.75, 3.05) is 0 Å². The SMILES string of the molecule is C[Si](C)(C)c1cccc2sc3c(-c4cccc5c4sc4cccc([Si](C)(C)C)c45)cccc3c12. The lowest BCUT2D eigenvalue weighted by atomic mass is 10.0. The highest BCUT2D eigenvalue weighted by atomic mass is 32.1. The minimum atomic E-state index is -1.45. The molecule has 0 bridgehead atoms. The third kappa shape index (κ3) is 3.35. The summed E-state index contributed by atoms with van der Waals surface area (Å²) in [4.78, 5) is 0. The van der Waals surface area contributed by atoms with Crippen LogP contribution in [0.5, 0.6) is 0 Å². The quantitative estimate of drug-likeness (QED) is 0.208. The first-order valence-electron chi connectivity index (χ1n) is 12.0. The molecule has 0 N–H and O–H groups in total. The fourth-order valence-corrected chi connectivity index (χ4v) is 11.3. The van der Waals surface area contributed by atoms with E-state index in [0.29, 0.717) is 0 Å². The summed E-state index contributed by atoms with van der Waals surface area (Å²) in [6.45, 7) is 14.8. The van der Waals surface area contributed by atoms with Gasteiger partial charge in [0.15, 0.2) is 0 Å². The van der Waals surface area contributed by atoms with Crippen LogP contribution in [0.1, 0.15) is 0 Å². The predicted molar refractivity (Wildman–Crippen MR) is 164 cm³/mol. The van der Waals surface area contributed by atoms with Gasteiger partial charge in [-0.3, -0.25) is 0 Å². The molecular weight excluding hydrogens is 481 g/mol. The Kier molecular flexibility index (Phi) is 4.99. The molecule has 0 aliphatic heterocycles. The van der Waals surface area contributed by atoms with Gasteiger partial charge in [-0.05, 0) is 22.9 Å². The van der Waals surface area contributed by atoms with Gasteiger partial charge in [0.05, 0.1) is 16.1 Å². The second-order valence-corrected chi connectivity index (χ2v) is 23.6. The molecule has 6 rings (SSSR count). The summed E-state index contributed by atoms with van der Waals surface area (Å²) in [5, 5.41) is 9.00. The molecule has 0 amide bonds. The zero-order valence-electron chi connectivity index (χ0n) is 20.7. The highest BCUT2D eigenvalue weighted by Crippen LogP contribution is 2.45. The third-order valence-electron chi connectivity index (χ3n) is 6.95. The van der Waals surface area contributed by atoms with Gasteiger partial charge in [-0.15, -0.1) is 22.7 Å². The first kappa shape index (κ1) is 22.2. The van der Waals surface area contributed by atoms with Gasteiger partial charge in [0.25, 0.3) is 0 Å². The summed E-state index contributed by atoms with van der Waals surface area (Å²) in [5.74, 6) is 0. The number of benzene rings is 4. The highest BCUT2D eigenvalue weighted by Gasteiger charge is 2.24. The van der Waals surface area contributed by atoms with Gasteiger partial charge in [0.1, 0.15) is 0 Å². The van der Waals surface area contributed by atoms with E-state index in [2.05, 4.69) is 112 Å². The summed E-state index contributed by atoms with van der Waals surface area (Å²) in [7, 11) is -2.91. The first-order valence-corrected chi connectivity index (χ1v) is 20.7. The number of hydrogen-bond donors (Lipinski definition) is 0. The van der Waals surface area contributed by atoms with Gasteiger partial charge in [-0.25, -0.2) is 0 Å². The van der Waals surface area contributed by atoms with Crippen molar-refractivity contribution in [2.24, 2.45) is 0 Å². The smallest absolute Gasteiger partial charge is 0.0784 e. The van der Waals surface area contributed by atoms with Crippen LogP contribution in [0.25, 0.3) is 51.5 Å². The van der Waals surface area contributed by atoms with E-state index in [9.17, 15) is 0 Å². The predicted octanol–water partition coefficient (Wildman–Crippen LogP) is 9.18. The zero-order valence-corrected chi connectivity index (χ0v) is 24.4. The van der Waals surface area contributed by atoms with Crippen LogP contribution in [0.3, 0.4) is 0 Å². The van der Waals surface area contributed by atoms with Crippen molar-refractivity contribution in [3.8, 4) is 11.1 Å². The summed E-state index contributed by atoms with van der Waals surface area (Å²) in [6.07, 6.45) is 0. The Morgan fingerprint density at radius 2 is 0.853 bits per heavy atom. The second-order valence-electron chi connectivity index (χ2n) is 11.4. The van der Waals surface area contributed by atoms with Crippen LogP contribution >= 0.6 is 22.7 Å². The summed E-state index contributed by atoms with van der Waals surface area (Å²) < 4.78 is 5.70. The summed E-state index contributed by atoms with van der Waals surface area (Å²) in [5.41, 5.74) is 2.76. The van der Waals surface area contributed by atoms with Crippen molar-refractivity contribution in [3.63, 3.8) is 0 Å². The Balaban J connectivity index is 1.70. The van der Waals surface area contributed by atoms with Crippen molar-refractivity contribution in [1.82, 2.24) is 0 Å². The van der Waals surface area contributed by atoms with E-state index in [1.807, 2.05) is 22.7 Å². The normalized spacial score (nSPS) is 13.0. The molecule has 6 aromatic rings. The molecule has 0 nitrogen and oxygen atoms in total. The monoisotopic (exact) mass is 510 g/mol. The molecule has 4 heteroatoms. The van der Waals surface area contributed by atoms with Gasteiger partial charge < -0.3 is 0 Å². The van der Waals surface area contributed by atoms with Crippen molar-refractivity contribution < 1.29 is 0 Å². The van der Waals surface area contributed by atoms with Crippen molar-refractivity contribution in [2.45, 2.75) is 39.3 Å². The van der Waals surface area contributed by atoms with Crippen LogP contribution < -0.4 is 10.4 Å². The van der Waals surface area contributed by atoms with Gasteiger partial charge in [-0.2, -0.15) is 0 Å². The zero-order chi connectivity index (χ0) is 23.8.